The van der Waals surface area contributed by atoms with Gasteiger partial charge in [-0.3, -0.25) is 4.79 Å². The van der Waals surface area contributed by atoms with Gasteiger partial charge < -0.3 is 10.0 Å². The summed E-state index contributed by atoms with van der Waals surface area (Å²) in [5, 5.41) is 24.2. The number of carboxylic acid groups (broad SMARTS) is 1. The largest absolute Gasteiger partial charge is 0.481 e. The Labute approximate surface area is 188 Å². The Bertz CT molecular complexity index is 991. The van der Waals surface area contributed by atoms with Gasteiger partial charge in [-0.1, -0.05) is 55.5 Å². The molecule has 0 spiro atoms. The lowest BCUT2D eigenvalue weighted by Crippen LogP contribution is -2.26. The van der Waals surface area contributed by atoms with Crippen LogP contribution in [0.15, 0.2) is 48.7 Å². The standard InChI is InChI=1S/C24H30N6O2/c1-16(2)13-20(24(31)32)19(23-26-28-29-27-23)14-17-10-11-22(25-15-17)30-12-6-9-21(30)18-7-4-3-5-8-18/h3-5,7-8,10-11,15-16,19-21H,6,9,12-14H2,1-2H3,(H,31,32)(H,26,27,28,29). The van der Waals surface area contributed by atoms with Crippen molar-refractivity contribution in [2.24, 2.45) is 11.8 Å². The van der Waals surface area contributed by atoms with Gasteiger partial charge in [0, 0.05) is 18.7 Å². The van der Waals surface area contributed by atoms with Gasteiger partial charge in [-0.15, -0.1) is 10.2 Å². The van der Waals surface area contributed by atoms with E-state index in [4.69, 9.17) is 4.98 Å². The van der Waals surface area contributed by atoms with E-state index in [1.165, 1.54) is 5.56 Å². The third-order valence-corrected chi connectivity index (χ3v) is 6.22. The summed E-state index contributed by atoms with van der Waals surface area (Å²) in [6, 6.07) is 15.0. The molecule has 32 heavy (non-hydrogen) atoms. The zero-order valence-corrected chi connectivity index (χ0v) is 18.6. The lowest BCUT2D eigenvalue weighted by Gasteiger charge is -2.26. The van der Waals surface area contributed by atoms with E-state index in [0.29, 0.717) is 24.7 Å². The van der Waals surface area contributed by atoms with Crippen LogP contribution >= 0.6 is 0 Å². The lowest BCUT2D eigenvalue weighted by molar-refractivity contribution is -0.143. The Kier molecular flexibility index (Phi) is 6.78. The third-order valence-electron chi connectivity index (χ3n) is 6.22. The fraction of sp³-hybridized carbons (Fsp3) is 0.458. The van der Waals surface area contributed by atoms with Crippen LogP contribution in [0.25, 0.3) is 0 Å². The van der Waals surface area contributed by atoms with Crippen LogP contribution in [0.4, 0.5) is 5.82 Å². The van der Waals surface area contributed by atoms with E-state index >= 15 is 0 Å². The average Bonchev–Trinajstić information content (AvgIpc) is 3.49. The van der Waals surface area contributed by atoms with Gasteiger partial charge in [0.25, 0.3) is 0 Å². The first-order valence-corrected chi connectivity index (χ1v) is 11.3. The topological polar surface area (TPSA) is 108 Å². The summed E-state index contributed by atoms with van der Waals surface area (Å²) in [7, 11) is 0. The summed E-state index contributed by atoms with van der Waals surface area (Å²) in [5.41, 5.74) is 2.28. The fourth-order valence-electron chi connectivity index (χ4n) is 4.71. The van der Waals surface area contributed by atoms with Crippen molar-refractivity contribution in [2.75, 3.05) is 11.4 Å². The second kappa shape index (κ2) is 9.89. The number of hydrogen-bond acceptors (Lipinski definition) is 6. The first-order chi connectivity index (χ1) is 15.5. The van der Waals surface area contributed by atoms with Crippen LogP contribution in [0.1, 0.15) is 62.0 Å². The number of nitrogens with one attached hydrogen (secondary N) is 1. The minimum Gasteiger partial charge on any atom is -0.481 e. The number of hydrogen-bond donors (Lipinski definition) is 2. The number of H-pyrrole nitrogens is 1. The van der Waals surface area contributed by atoms with Crippen LogP contribution in [0.5, 0.6) is 0 Å². The minimum atomic E-state index is -0.833. The van der Waals surface area contributed by atoms with Gasteiger partial charge >= 0.3 is 5.97 Å². The first-order valence-electron chi connectivity index (χ1n) is 11.3. The molecule has 0 radical (unpaired) electrons. The van der Waals surface area contributed by atoms with E-state index in [9.17, 15) is 9.90 Å². The molecule has 8 nitrogen and oxygen atoms in total. The quantitative estimate of drug-likeness (QED) is 0.524. The maximum atomic E-state index is 12.1. The van der Waals surface area contributed by atoms with E-state index in [0.717, 1.165) is 30.8 Å². The Morgan fingerprint density at radius 1 is 1.22 bits per heavy atom. The Balaban J connectivity index is 1.54. The average molecular weight is 435 g/mol. The van der Waals surface area contributed by atoms with Crippen LogP contribution in [-0.2, 0) is 11.2 Å². The number of anilines is 1. The summed E-state index contributed by atoms with van der Waals surface area (Å²) < 4.78 is 0. The van der Waals surface area contributed by atoms with E-state index in [1.807, 2.05) is 38.2 Å². The van der Waals surface area contributed by atoms with Crippen molar-refractivity contribution in [3.05, 3.63) is 65.6 Å². The van der Waals surface area contributed by atoms with Crippen molar-refractivity contribution in [2.45, 2.75) is 51.5 Å². The predicted octanol–water partition coefficient (Wildman–Crippen LogP) is 4.01. The Morgan fingerprint density at radius 3 is 2.66 bits per heavy atom. The molecule has 0 saturated carbocycles. The second-order valence-corrected chi connectivity index (χ2v) is 8.94. The molecule has 0 amide bonds. The highest BCUT2D eigenvalue weighted by Crippen LogP contribution is 2.36. The first kappa shape index (κ1) is 21.9. The molecule has 3 unspecified atom stereocenters. The second-order valence-electron chi connectivity index (χ2n) is 8.94. The summed E-state index contributed by atoms with van der Waals surface area (Å²) in [4.78, 5) is 19.2. The molecular formula is C24H30N6O2. The highest BCUT2D eigenvalue weighted by molar-refractivity contribution is 5.71. The van der Waals surface area contributed by atoms with Crippen molar-refractivity contribution in [3.63, 3.8) is 0 Å². The molecule has 0 aliphatic carbocycles. The molecule has 1 fully saturated rings. The van der Waals surface area contributed by atoms with Gasteiger partial charge in [-0.25, -0.2) is 4.98 Å². The zero-order valence-electron chi connectivity index (χ0n) is 18.6. The van der Waals surface area contributed by atoms with E-state index in [-0.39, 0.29) is 11.8 Å². The molecule has 1 saturated heterocycles. The maximum absolute atomic E-state index is 12.1. The summed E-state index contributed by atoms with van der Waals surface area (Å²) in [6.45, 7) is 5.03. The van der Waals surface area contributed by atoms with Crippen molar-refractivity contribution < 1.29 is 9.90 Å². The van der Waals surface area contributed by atoms with Crippen LogP contribution in [0, 0.1) is 11.8 Å². The molecule has 8 heteroatoms. The number of aromatic nitrogens is 5. The van der Waals surface area contributed by atoms with Crippen molar-refractivity contribution in [3.8, 4) is 0 Å². The van der Waals surface area contributed by atoms with Crippen LogP contribution in [0.2, 0.25) is 0 Å². The highest BCUT2D eigenvalue weighted by atomic mass is 16.4. The van der Waals surface area contributed by atoms with Crippen LogP contribution in [0.3, 0.4) is 0 Å². The van der Waals surface area contributed by atoms with Crippen molar-refractivity contribution in [1.82, 2.24) is 25.6 Å². The number of pyridine rings is 1. The van der Waals surface area contributed by atoms with Crippen LogP contribution < -0.4 is 4.90 Å². The normalized spacial score (nSPS) is 18.1. The molecule has 3 heterocycles. The Hall–Kier alpha value is -3.29. The predicted molar refractivity (Wildman–Crippen MR) is 121 cm³/mol. The molecule has 4 rings (SSSR count). The molecule has 1 aliphatic heterocycles. The number of carboxylic acids is 1. The molecule has 168 valence electrons. The van der Waals surface area contributed by atoms with Crippen LogP contribution in [-0.4, -0.2) is 43.2 Å². The van der Waals surface area contributed by atoms with Gasteiger partial charge in [0.15, 0.2) is 5.82 Å². The number of carbonyl (C=O) groups is 1. The van der Waals surface area contributed by atoms with Gasteiger partial charge in [0.2, 0.25) is 0 Å². The number of aromatic amines is 1. The summed E-state index contributed by atoms with van der Waals surface area (Å²) >= 11 is 0. The van der Waals surface area contributed by atoms with Gasteiger partial charge in [-0.05, 0) is 48.8 Å². The summed E-state index contributed by atoms with van der Waals surface area (Å²) in [5.74, 6) is -0.158. The monoisotopic (exact) mass is 434 g/mol. The van der Waals surface area contributed by atoms with Gasteiger partial charge in [0.05, 0.1) is 12.0 Å². The molecule has 1 aliphatic rings. The number of rotatable bonds is 9. The molecule has 3 aromatic rings. The number of tetrazole rings is 1. The van der Waals surface area contributed by atoms with E-state index in [2.05, 4.69) is 49.8 Å². The van der Waals surface area contributed by atoms with Crippen molar-refractivity contribution in [1.29, 1.82) is 0 Å². The van der Waals surface area contributed by atoms with Gasteiger partial charge in [-0.2, -0.15) is 5.21 Å². The molecular weight excluding hydrogens is 404 g/mol. The SMILES string of the molecule is CC(C)CC(C(=O)O)C(Cc1ccc(N2CCCC2c2ccccc2)nc1)c1nn[nH]n1. The van der Waals surface area contributed by atoms with Gasteiger partial charge in [0.1, 0.15) is 5.82 Å². The zero-order chi connectivity index (χ0) is 22.5. The molecule has 2 N–H and O–H groups in total. The van der Waals surface area contributed by atoms with E-state index in [1.54, 1.807) is 0 Å². The third kappa shape index (κ3) is 4.95. The smallest absolute Gasteiger partial charge is 0.307 e. The molecule has 3 atom stereocenters. The maximum Gasteiger partial charge on any atom is 0.307 e. The fourth-order valence-corrected chi connectivity index (χ4v) is 4.71. The summed E-state index contributed by atoms with van der Waals surface area (Å²) in [6.07, 6.45) is 5.16. The minimum absolute atomic E-state index is 0.246. The molecule has 0 bridgehead atoms. The number of nitrogens with zero attached hydrogens (tertiary/aromatic N) is 5. The lowest BCUT2D eigenvalue weighted by atomic mass is 9.81. The highest BCUT2D eigenvalue weighted by Gasteiger charge is 2.33. The molecule has 2 aromatic heterocycles. The van der Waals surface area contributed by atoms with Crippen molar-refractivity contribution >= 4 is 11.8 Å². The molecule has 1 aromatic carbocycles. The van der Waals surface area contributed by atoms with E-state index < -0.39 is 11.9 Å². The number of benzene rings is 1. The Morgan fingerprint density at radius 2 is 2.03 bits per heavy atom. The number of aliphatic carboxylic acids is 1.